The second kappa shape index (κ2) is 6.18. The maximum atomic E-state index is 11.7. The summed E-state index contributed by atoms with van der Waals surface area (Å²) in [5.41, 5.74) is -1.16. The van der Waals surface area contributed by atoms with Crippen molar-refractivity contribution in [2.75, 3.05) is 0 Å². The number of hydrogen-bond donors (Lipinski definition) is 0. The van der Waals surface area contributed by atoms with E-state index in [0.717, 1.165) is 0 Å². The molecule has 0 bridgehead atoms. The van der Waals surface area contributed by atoms with Crippen LogP contribution < -0.4 is 0 Å². The molecule has 0 radical (unpaired) electrons. The predicted octanol–water partition coefficient (Wildman–Crippen LogP) is 1.83. The lowest BCUT2D eigenvalue weighted by molar-refractivity contribution is -0.267. The zero-order valence-corrected chi connectivity index (χ0v) is 14.0. The molecule has 0 heterocycles. The van der Waals surface area contributed by atoms with E-state index in [1.54, 1.807) is 0 Å². The van der Waals surface area contributed by atoms with Crippen molar-refractivity contribution in [3.05, 3.63) is 0 Å². The molecule has 6 nitrogen and oxygen atoms in total. The highest BCUT2D eigenvalue weighted by Crippen LogP contribution is 2.57. The van der Waals surface area contributed by atoms with Crippen molar-refractivity contribution in [1.82, 2.24) is 0 Å². The van der Waals surface area contributed by atoms with E-state index in [2.05, 4.69) is 0 Å². The van der Waals surface area contributed by atoms with Crippen molar-refractivity contribution in [3.63, 3.8) is 0 Å². The zero-order valence-electron chi connectivity index (χ0n) is 14.0. The van der Waals surface area contributed by atoms with Crippen molar-refractivity contribution >= 4 is 23.5 Å². The van der Waals surface area contributed by atoms with Crippen LogP contribution in [-0.2, 0) is 28.7 Å². The molecule has 0 N–H and O–H groups in total. The number of carbonyl (C=O) groups excluding carboxylic acids is 4. The highest BCUT2D eigenvalue weighted by atomic mass is 16.6. The Labute approximate surface area is 130 Å². The maximum Gasteiger partial charge on any atom is 0.313 e. The van der Waals surface area contributed by atoms with Crippen LogP contribution in [0.25, 0.3) is 0 Å². The number of carbonyl (C=O) groups is 4. The highest BCUT2D eigenvalue weighted by molar-refractivity contribution is 5.94. The van der Waals surface area contributed by atoms with Crippen LogP contribution in [0.3, 0.4) is 0 Å². The quantitative estimate of drug-likeness (QED) is 0.549. The van der Waals surface area contributed by atoms with Crippen LogP contribution in [-0.4, -0.2) is 35.7 Å². The normalized spacial score (nSPS) is 24.8. The first-order valence-corrected chi connectivity index (χ1v) is 7.27. The second-order valence-corrected chi connectivity index (χ2v) is 7.14. The minimum absolute atomic E-state index is 0.260. The molecule has 124 valence electrons. The van der Waals surface area contributed by atoms with Crippen LogP contribution in [0.1, 0.15) is 54.4 Å². The first kappa shape index (κ1) is 18.3. The van der Waals surface area contributed by atoms with E-state index in [-0.39, 0.29) is 24.4 Å². The Morgan fingerprint density at radius 3 is 1.23 bits per heavy atom. The monoisotopic (exact) mass is 312 g/mol. The first-order chi connectivity index (χ1) is 9.88. The Kier molecular flexibility index (Phi) is 5.15. The number of Topliss-reactive ketones (excluding diaryl/α,β-unsaturated/α-hetero) is 2. The minimum Gasteiger partial charge on any atom is -0.461 e. The largest absolute Gasteiger partial charge is 0.461 e. The number of ketones is 2. The van der Waals surface area contributed by atoms with Gasteiger partial charge in [-0.1, -0.05) is 27.7 Å². The lowest BCUT2D eigenvalue weighted by Crippen LogP contribution is -2.69. The number of ether oxygens (including phenoxy) is 2. The minimum atomic E-state index is -0.581. The van der Waals surface area contributed by atoms with Gasteiger partial charge >= 0.3 is 11.9 Å². The summed E-state index contributed by atoms with van der Waals surface area (Å²) in [6.45, 7) is 9.96. The molecule has 0 saturated heterocycles. The summed E-state index contributed by atoms with van der Waals surface area (Å²) in [6.07, 6.45) is -1.47. The summed E-state index contributed by atoms with van der Waals surface area (Å²) in [5, 5.41) is 0. The van der Waals surface area contributed by atoms with Crippen LogP contribution in [0, 0.1) is 10.8 Å². The van der Waals surface area contributed by atoms with Gasteiger partial charge in [0.2, 0.25) is 0 Å². The molecule has 22 heavy (non-hydrogen) atoms. The molecule has 0 aliphatic heterocycles. The van der Waals surface area contributed by atoms with Crippen molar-refractivity contribution in [1.29, 1.82) is 0 Å². The van der Waals surface area contributed by atoms with Gasteiger partial charge in [0.15, 0.2) is 0 Å². The molecule has 0 aromatic carbocycles. The molecule has 1 aliphatic rings. The molecule has 0 aromatic heterocycles. The van der Waals surface area contributed by atoms with Crippen molar-refractivity contribution in [3.8, 4) is 0 Å². The summed E-state index contributed by atoms with van der Waals surface area (Å²) in [5.74, 6) is -1.67. The average Bonchev–Trinajstić information content (AvgIpc) is 2.30. The Morgan fingerprint density at radius 2 is 1.00 bits per heavy atom. The van der Waals surface area contributed by atoms with E-state index < -0.39 is 35.0 Å². The molecule has 1 saturated carbocycles. The maximum absolute atomic E-state index is 11.7. The van der Waals surface area contributed by atoms with Gasteiger partial charge in [-0.3, -0.25) is 19.2 Å². The molecule has 1 rings (SSSR count). The Hall–Kier alpha value is -1.72. The lowest BCUT2D eigenvalue weighted by atomic mass is 9.51. The highest BCUT2D eigenvalue weighted by Gasteiger charge is 2.66. The lowest BCUT2D eigenvalue weighted by Gasteiger charge is -2.61. The molecule has 0 spiro atoms. The summed E-state index contributed by atoms with van der Waals surface area (Å²) in [6, 6.07) is 0. The third-order valence-corrected chi connectivity index (χ3v) is 3.99. The fraction of sp³-hybridized carbons (Fsp3) is 0.750. The standard InChI is InChI=1S/C16H24O6/c1-9(17)7-11(19)21-13-15(3,4)14(16(13,5)6)22-12(20)8-10(2)18/h13-14H,7-8H2,1-6H3. The Bertz CT molecular complexity index is 445. The molecule has 0 amide bonds. The SMILES string of the molecule is CC(=O)CC(=O)OC1C(C)(C)C(OC(=O)CC(C)=O)C1(C)C. The predicted molar refractivity (Wildman–Crippen MR) is 77.9 cm³/mol. The van der Waals surface area contributed by atoms with Gasteiger partial charge in [-0.15, -0.1) is 0 Å². The van der Waals surface area contributed by atoms with Gasteiger partial charge in [-0.05, 0) is 13.8 Å². The molecule has 0 unspecified atom stereocenters. The van der Waals surface area contributed by atoms with E-state index in [4.69, 9.17) is 9.47 Å². The molecule has 6 heteroatoms. The fourth-order valence-electron chi connectivity index (χ4n) is 3.46. The van der Waals surface area contributed by atoms with Crippen LogP contribution in [0.2, 0.25) is 0 Å². The third kappa shape index (κ3) is 3.72. The van der Waals surface area contributed by atoms with Crippen LogP contribution in [0.15, 0.2) is 0 Å². The molecule has 0 atom stereocenters. The second-order valence-electron chi connectivity index (χ2n) is 7.14. The van der Waals surface area contributed by atoms with Crippen molar-refractivity contribution < 1.29 is 28.7 Å². The molecule has 1 aliphatic carbocycles. The van der Waals surface area contributed by atoms with Gasteiger partial charge in [-0.2, -0.15) is 0 Å². The Balaban J connectivity index is 2.77. The average molecular weight is 312 g/mol. The van der Waals surface area contributed by atoms with Gasteiger partial charge in [-0.25, -0.2) is 0 Å². The van der Waals surface area contributed by atoms with Gasteiger partial charge in [0, 0.05) is 10.8 Å². The summed E-state index contributed by atoms with van der Waals surface area (Å²) < 4.78 is 10.8. The van der Waals surface area contributed by atoms with Gasteiger partial charge in [0.05, 0.1) is 0 Å². The summed E-state index contributed by atoms with van der Waals surface area (Å²) in [4.78, 5) is 45.4. The zero-order chi connectivity index (χ0) is 17.3. The van der Waals surface area contributed by atoms with Gasteiger partial charge < -0.3 is 9.47 Å². The number of esters is 2. The first-order valence-electron chi connectivity index (χ1n) is 7.27. The van der Waals surface area contributed by atoms with Crippen LogP contribution in [0.5, 0.6) is 0 Å². The van der Waals surface area contributed by atoms with E-state index in [1.165, 1.54) is 13.8 Å². The summed E-state index contributed by atoms with van der Waals surface area (Å²) in [7, 11) is 0. The molecular weight excluding hydrogens is 288 g/mol. The van der Waals surface area contributed by atoms with Crippen molar-refractivity contribution in [2.24, 2.45) is 10.8 Å². The third-order valence-electron chi connectivity index (χ3n) is 3.99. The Morgan fingerprint density at radius 1 is 0.727 bits per heavy atom. The van der Waals surface area contributed by atoms with Crippen LogP contribution in [0.4, 0.5) is 0 Å². The smallest absolute Gasteiger partial charge is 0.313 e. The topological polar surface area (TPSA) is 86.7 Å². The van der Waals surface area contributed by atoms with E-state index in [9.17, 15) is 19.2 Å². The number of hydrogen-bond acceptors (Lipinski definition) is 6. The fourth-order valence-corrected chi connectivity index (χ4v) is 3.46. The van der Waals surface area contributed by atoms with E-state index in [1.807, 2.05) is 27.7 Å². The van der Waals surface area contributed by atoms with Crippen LogP contribution >= 0.6 is 0 Å². The molecule has 1 fully saturated rings. The van der Waals surface area contributed by atoms with Gasteiger partial charge in [0.25, 0.3) is 0 Å². The molecular formula is C16H24O6. The molecule has 0 aromatic rings. The van der Waals surface area contributed by atoms with E-state index >= 15 is 0 Å². The van der Waals surface area contributed by atoms with Crippen molar-refractivity contribution in [2.45, 2.75) is 66.6 Å². The number of rotatable bonds is 6. The van der Waals surface area contributed by atoms with Gasteiger partial charge in [0.1, 0.15) is 36.6 Å². The van der Waals surface area contributed by atoms with E-state index in [0.29, 0.717) is 0 Å². The summed E-state index contributed by atoms with van der Waals surface area (Å²) >= 11 is 0.